The molecular weight excluding hydrogens is 265 g/mol. The molecule has 0 aliphatic rings. The highest BCUT2D eigenvalue weighted by molar-refractivity contribution is 6.30. The van der Waals surface area contributed by atoms with Gasteiger partial charge in [-0.15, -0.1) is 0 Å². The summed E-state index contributed by atoms with van der Waals surface area (Å²) in [5.41, 5.74) is 1.00. The molecule has 0 saturated carbocycles. The predicted molar refractivity (Wildman–Crippen MR) is 78.1 cm³/mol. The molecule has 4 heteroatoms. The molecule has 1 atom stereocenters. The molecule has 0 spiro atoms. The topological polar surface area (TPSA) is 21.3 Å². The Kier molecular flexibility index (Phi) is 7.36. The summed E-state index contributed by atoms with van der Waals surface area (Å²) in [7, 11) is 0. The summed E-state index contributed by atoms with van der Waals surface area (Å²) < 4.78 is 18.5. The van der Waals surface area contributed by atoms with Gasteiger partial charge in [0.1, 0.15) is 5.82 Å². The summed E-state index contributed by atoms with van der Waals surface area (Å²) in [6.07, 6.45) is 2.40. The van der Waals surface area contributed by atoms with Crippen molar-refractivity contribution in [2.75, 3.05) is 13.2 Å². The maximum absolute atomic E-state index is 13.1. The van der Waals surface area contributed by atoms with Gasteiger partial charge in [-0.25, -0.2) is 4.39 Å². The van der Waals surface area contributed by atoms with E-state index in [1.165, 1.54) is 6.07 Å². The monoisotopic (exact) mass is 287 g/mol. The smallest absolute Gasteiger partial charge is 0.141 e. The van der Waals surface area contributed by atoms with E-state index >= 15 is 0 Å². The van der Waals surface area contributed by atoms with Crippen molar-refractivity contribution >= 4 is 11.6 Å². The first-order valence-electron chi connectivity index (χ1n) is 6.80. The van der Waals surface area contributed by atoms with E-state index in [0.29, 0.717) is 6.10 Å². The molecule has 2 nitrogen and oxygen atoms in total. The Balaban J connectivity index is 2.23. The van der Waals surface area contributed by atoms with Crippen LogP contribution in [0.1, 0.15) is 45.2 Å². The van der Waals surface area contributed by atoms with E-state index in [2.05, 4.69) is 5.32 Å². The lowest BCUT2D eigenvalue weighted by Crippen LogP contribution is -2.20. The van der Waals surface area contributed by atoms with E-state index in [9.17, 15) is 4.39 Å². The minimum atomic E-state index is -0.372. The molecule has 0 aliphatic carbocycles. The van der Waals surface area contributed by atoms with Gasteiger partial charge < -0.3 is 10.1 Å². The number of benzene rings is 1. The molecule has 1 unspecified atom stereocenters. The summed E-state index contributed by atoms with van der Waals surface area (Å²) in [4.78, 5) is 0. The third-order valence-electron chi connectivity index (χ3n) is 2.92. The highest BCUT2D eigenvalue weighted by Gasteiger charge is 2.07. The molecule has 0 fully saturated rings. The van der Waals surface area contributed by atoms with Crippen molar-refractivity contribution in [2.45, 2.75) is 45.8 Å². The molecule has 0 bridgehead atoms. The van der Waals surface area contributed by atoms with Crippen LogP contribution in [0.2, 0.25) is 5.02 Å². The van der Waals surface area contributed by atoms with Crippen molar-refractivity contribution in [2.24, 2.45) is 0 Å². The van der Waals surface area contributed by atoms with Crippen LogP contribution in [0.15, 0.2) is 18.2 Å². The molecule has 108 valence electrons. The maximum Gasteiger partial charge on any atom is 0.141 e. The lowest BCUT2D eigenvalue weighted by Gasteiger charge is -2.15. The molecule has 1 N–H and O–H groups in total. The normalized spacial score (nSPS) is 12.9. The van der Waals surface area contributed by atoms with Crippen molar-refractivity contribution < 1.29 is 9.13 Å². The molecule has 1 aromatic rings. The van der Waals surface area contributed by atoms with Crippen LogP contribution in [-0.4, -0.2) is 19.3 Å². The van der Waals surface area contributed by atoms with Gasteiger partial charge in [0.25, 0.3) is 0 Å². The molecule has 1 aromatic carbocycles. The van der Waals surface area contributed by atoms with Gasteiger partial charge in [0, 0.05) is 12.6 Å². The Bertz CT molecular complexity index is 384. The fourth-order valence-electron chi connectivity index (χ4n) is 1.76. The van der Waals surface area contributed by atoms with Crippen LogP contribution < -0.4 is 5.32 Å². The van der Waals surface area contributed by atoms with Gasteiger partial charge in [-0.05, 0) is 57.9 Å². The van der Waals surface area contributed by atoms with Crippen molar-refractivity contribution in [1.82, 2.24) is 5.32 Å². The number of hydrogen-bond donors (Lipinski definition) is 1. The van der Waals surface area contributed by atoms with Crippen LogP contribution in [0, 0.1) is 5.82 Å². The first kappa shape index (κ1) is 16.4. The fraction of sp³-hybridized carbons (Fsp3) is 0.600. The number of unbranched alkanes of at least 4 members (excludes halogenated alkanes) is 1. The van der Waals surface area contributed by atoms with Crippen LogP contribution in [0.5, 0.6) is 0 Å². The number of hydrogen-bond acceptors (Lipinski definition) is 2. The van der Waals surface area contributed by atoms with E-state index < -0.39 is 0 Å². The third kappa shape index (κ3) is 6.37. The first-order chi connectivity index (χ1) is 9.00. The number of halogens is 2. The van der Waals surface area contributed by atoms with Crippen LogP contribution in [-0.2, 0) is 4.74 Å². The van der Waals surface area contributed by atoms with Crippen molar-refractivity contribution in [1.29, 1.82) is 0 Å². The van der Waals surface area contributed by atoms with Gasteiger partial charge in [-0.3, -0.25) is 0 Å². The Morgan fingerprint density at radius 2 is 2.00 bits per heavy atom. The van der Waals surface area contributed by atoms with Gasteiger partial charge in [0.2, 0.25) is 0 Å². The van der Waals surface area contributed by atoms with E-state index in [4.69, 9.17) is 16.3 Å². The zero-order chi connectivity index (χ0) is 14.3. The molecule has 0 amide bonds. The third-order valence-corrected chi connectivity index (χ3v) is 3.21. The highest BCUT2D eigenvalue weighted by atomic mass is 35.5. The maximum atomic E-state index is 13.1. The Morgan fingerprint density at radius 3 is 2.63 bits per heavy atom. The van der Waals surface area contributed by atoms with Crippen molar-refractivity contribution in [3.05, 3.63) is 34.6 Å². The van der Waals surface area contributed by atoms with E-state index in [1.807, 2.05) is 20.8 Å². The Morgan fingerprint density at radius 1 is 1.26 bits per heavy atom. The summed E-state index contributed by atoms with van der Waals surface area (Å²) in [5, 5.41) is 3.57. The summed E-state index contributed by atoms with van der Waals surface area (Å²) in [6.45, 7) is 7.85. The Labute approximate surface area is 120 Å². The van der Waals surface area contributed by atoms with Gasteiger partial charge in [0.15, 0.2) is 0 Å². The SMILES string of the molecule is CC(C)OCCCCNC(C)c1ccc(F)c(Cl)c1. The zero-order valence-corrected chi connectivity index (χ0v) is 12.6. The van der Waals surface area contributed by atoms with Crippen LogP contribution in [0.25, 0.3) is 0 Å². The van der Waals surface area contributed by atoms with E-state index in [1.54, 1.807) is 12.1 Å². The molecular formula is C15H23ClFNO. The highest BCUT2D eigenvalue weighted by Crippen LogP contribution is 2.20. The van der Waals surface area contributed by atoms with Crippen molar-refractivity contribution in [3.8, 4) is 0 Å². The van der Waals surface area contributed by atoms with E-state index in [-0.39, 0.29) is 16.9 Å². The van der Waals surface area contributed by atoms with Crippen LogP contribution in [0.3, 0.4) is 0 Å². The molecule has 0 aliphatic heterocycles. The zero-order valence-electron chi connectivity index (χ0n) is 11.9. The van der Waals surface area contributed by atoms with Crippen LogP contribution in [0.4, 0.5) is 4.39 Å². The Hall–Kier alpha value is -0.640. The number of rotatable bonds is 8. The largest absolute Gasteiger partial charge is 0.379 e. The lowest BCUT2D eigenvalue weighted by molar-refractivity contribution is 0.0759. The minimum Gasteiger partial charge on any atom is -0.379 e. The summed E-state index contributed by atoms with van der Waals surface area (Å²) in [6, 6.07) is 5.02. The average Bonchev–Trinajstić information content (AvgIpc) is 2.36. The summed E-state index contributed by atoms with van der Waals surface area (Å²) in [5.74, 6) is -0.372. The molecule has 0 heterocycles. The van der Waals surface area contributed by atoms with Crippen molar-refractivity contribution in [3.63, 3.8) is 0 Å². The van der Waals surface area contributed by atoms with Gasteiger partial charge in [-0.2, -0.15) is 0 Å². The van der Waals surface area contributed by atoms with Gasteiger partial charge >= 0.3 is 0 Å². The molecule has 0 saturated heterocycles. The molecule has 0 radical (unpaired) electrons. The second-order valence-electron chi connectivity index (χ2n) is 4.98. The van der Waals surface area contributed by atoms with Gasteiger partial charge in [-0.1, -0.05) is 17.7 Å². The summed E-state index contributed by atoms with van der Waals surface area (Å²) >= 11 is 5.77. The van der Waals surface area contributed by atoms with E-state index in [0.717, 1.165) is 31.6 Å². The number of nitrogens with one attached hydrogen (secondary N) is 1. The lowest BCUT2D eigenvalue weighted by atomic mass is 10.1. The molecule has 1 rings (SSSR count). The average molecular weight is 288 g/mol. The molecule has 0 aromatic heterocycles. The standard InChI is InChI=1S/C15H23ClFNO/c1-11(2)19-9-5-4-8-18-12(3)13-6-7-15(17)14(16)10-13/h6-7,10-12,18H,4-5,8-9H2,1-3H3. The van der Waals surface area contributed by atoms with Gasteiger partial charge in [0.05, 0.1) is 11.1 Å². The second-order valence-corrected chi connectivity index (χ2v) is 5.38. The number of ether oxygens (including phenoxy) is 1. The minimum absolute atomic E-state index is 0.170. The van der Waals surface area contributed by atoms with Crippen LogP contribution >= 0.6 is 11.6 Å². The molecule has 19 heavy (non-hydrogen) atoms. The second kappa shape index (κ2) is 8.51. The fourth-order valence-corrected chi connectivity index (χ4v) is 1.95. The predicted octanol–water partition coefficient (Wildman–Crippen LogP) is 4.33. The first-order valence-corrected chi connectivity index (χ1v) is 7.18. The quantitative estimate of drug-likeness (QED) is 0.718.